The van der Waals surface area contributed by atoms with Crippen LogP contribution in [-0.4, -0.2) is 25.8 Å². The molecule has 17 heavy (non-hydrogen) atoms. The average molecular weight is 243 g/mol. The zero-order valence-corrected chi connectivity index (χ0v) is 12.3. The van der Waals surface area contributed by atoms with Crippen LogP contribution >= 0.6 is 0 Å². The highest BCUT2D eigenvalue weighted by molar-refractivity contribution is 4.53. The van der Waals surface area contributed by atoms with Crippen molar-refractivity contribution in [1.82, 2.24) is 5.32 Å². The smallest absolute Gasteiger partial charge is 0.0547 e. The lowest BCUT2D eigenvalue weighted by Crippen LogP contribution is -2.17. The molecule has 0 aromatic rings. The fourth-order valence-corrected chi connectivity index (χ4v) is 1.94. The van der Waals surface area contributed by atoms with Crippen molar-refractivity contribution in [1.29, 1.82) is 0 Å². The Balaban J connectivity index is 3.08. The van der Waals surface area contributed by atoms with E-state index in [0.717, 1.165) is 19.7 Å². The molecule has 0 spiro atoms. The van der Waals surface area contributed by atoms with Gasteiger partial charge in [-0.2, -0.15) is 0 Å². The number of nitrogens with one attached hydrogen (secondary N) is 1. The molecule has 0 aromatic carbocycles. The number of ether oxygens (including phenoxy) is 1. The standard InChI is InChI=1S/C15H33NO/c1-4-6-7-8-9-10-14-17-15(3)12-11-13-16-5-2/h15-16H,4-14H2,1-3H3. The van der Waals surface area contributed by atoms with Gasteiger partial charge in [0.15, 0.2) is 0 Å². The van der Waals surface area contributed by atoms with Crippen molar-refractivity contribution >= 4 is 0 Å². The van der Waals surface area contributed by atoms with Crippen LogP contribution < -0.4 is 5.32 Å². The first kappa shape index (κ1) is 16.9. The van der Waals surface area contributed by atoms with Crippen LogP contribution in [0.4, 0.5) is 0 Å². The number of rotatable bonds is 13. The molecule has 0 saturated heterocycles. The summed E-state index contributed by atoms with van der Waals surface area (Å²) in [5.41, 5.74) is 0. The van der Waals surface area contributed by atoms with E-state index in [0.29, 0.717) is 6.10 Å². The van der Waals surface area contributed by atoms with Gasteiger partial charge in [-0.1, -0.05) is 46.0 Å². The minimum atomic E-state index is 0.435. The second kappa shape index (κ2) is 14.0. The molecular formula is C15H33NO. The molecule has 0 fully saturated rings. The van der Waals surface area contributed by atoms with E-state index in [9.17, 15) is 0 Å². The van der Waals surface area contributed by atoms with Crippen LogP contribution in [0, 0.1) is 0 Å². The molecule has 0 aliphatic rings. The summed E-state index contributed by atoms with van der Waals surface area (Å²) in [5, 5.41) is 3.34. The van der Waals surface area contributed by atoms with E-state index in [2.05, 4.69) is 26.1 Å². The monoisotopic (exact) mass is 243 g/mol. The Kier molecular flexibility index (Phi) is 13.9. The summed E-state index contributed by atoms with van der Waals surface area (Å²) in [6.45, 7) is 9.77. The molecule has 0 heterocycles. The Labute approximate surface area is 109 Å². The topological polar surface area (TPSA) is 21.3 Å². The third-order valence-corrected chi connectivity index (χ3v) is 3.11. The van der Waals surface area contributed by atoms with Crippen molar-refractivity contribution in [2.75, 3.05) is 19.7 Å². The molecule has 1 unspecified atom stereocenters. The van der Waals surface area contributed by atoms with Gasteiger partial charge >= 0.3 is 0 Å². The summed E-state index contributed by atoms with van der Waals surface area (Å²) in [6, 6.07) is 0. The van der Waals surface area contributed by atoms with Gasteiger partial charge < -0.3 is 10.1 Å². The van der Waals surface area contributed by atoms with Gasteiger partial charge in [-0.15, -0.1) is 0 Å². The lowest BCUT2D eigenvalue weighted by atomic mass is 10.1. The Morgan fingerprint density at radius 3 is 2.35 bits per heavy atom. The average Bonchev–Trinajstić information content (AvgIpc) is 2.33. The molecule has 2 heteroatoms. The molecule has 2 nitrogen and oxygen atoms in total. The van der Waals surface area contributed by atoms with Crippen LogP contribution in [0.2, 0.25) is 0 Å². The quantitative estimate of drug-likeness (QED) is 0.491. The van der Waals surface area contributed by atoms with Crippen LogP contribution in [-0.2, 0) is 4.74 Å². The van der Waals surface area contributed by atoms with E-state index in [1.54, 1.807) is 0 Å². The SMILES string of the molecule is CCCCCCCCOC(C)CCCNCC. The fraction of sp³-hybridized carbons (Fsp3) is 1.00. The van der Waals surface area contributed by atoms with E-state index in [-0.39, 0.29) is 0 Å². The number of unbranched alkanes of at least 4 members (excludes halogenated alkanes) is 5. The summed E-state index contributed by atoms with van der Waals surface area (Å²) >= 11 is 0. The van der Waals surface area contributed by atoms with Gasteiger partial charge in [0.05, 0.1) is 6.10 Å². The van der Waals surface area contributed by atoms with Crippen molar-refractivity contribution in [2.24, 2.45) is 0 Å². The molecule has 0 aliphatic carbocycles. The van der Waals surface area contributed by atoms with Crippen LogP contribution in [0.5, 0.6) is 0 Å². The van der Waals surface area contributed by atoms with Crippen LogP contribution in [0.3, 0.4) is 0 Å². The lowest BCUT2D eigenvalue weighted by Gasteiger charge is -2.12. The molecule has 1 atom stereocenters. The highest BCUT2D eigenvalue weighted by Gasteiger charge is 2.01. The van der Waals surface area contributed by atoms with Crippen LogP contribution in [0.25, 0.3) is 0 Å². The molecule has 1 N–H and O–H groups in total. The van der Waals surface area contributed by atoms with E-state index >= 15 is 0 Å². The predicted octanol–water partition coefficient (Wildman–Crippen LogP) is 4.14. The summed E-state index contributed by atoms with van der Waals surface area (Å²) in [7, 11) is 0. The predicted molar refractivity (Wildman–Crippen MR) is 76.6 cm³/mol. The van der Waals surface area contributed by atoms with E-state index < -0.39 is 0 Å². The van der Waals surface area contributed by atoms with Crippen LogP contribution in [0.15, 0.2) is 0 Å². The molecule has 0 aliphatic heterocycles. The van der Waals surface area contributed by atoms with Crippen molar-refractivity contribution in [3.8, 4) is 0 Å². The number of hydrogen-bond acceptors (Lipinski definition) is 2. The molecule has 0 saturated carbocycles. The van der Waals surface area contributed by atoms with Gasteiger partial charge in [0.2, 0.25) is 0 Å². The minimum absolute atomic E-state index is 0.435. The highest BCUT2D eigenvalue weighted by Crippen LogP contribution is 2.07. The normalized spacial score (nSPS) is 12.9. The van der Waals surface area contributed by atoms with Crippen molar-refractivity contribution in [2.45, 2.75) is 78.2 Å². The molecule has 0 bridgehead atoms. The van der Waals surface area contributed by atoms with E-state index in [1.807, 2.05) is 0 Å². The van der Waals surface area contributed by atoms with Crippen molar-refractivity contribution in [3.63, 3.8) is 0 Å². The third kappa shape index (κ3) is 13.9. The van der Waals surface area contributed by atoms with Gasteiger partial charge in [0, 0.05) is 6.61 Å². The maximum absolute atomic E-state index is 5.80. The van der Waals surface area contributed by atoms with Crippen molar-refractivity contribution in [3.05, 3.63) is 0 Å². The van der Waals surface area contributed by atoms with E-state index in [1.165, 1.54) is 51.4 Å². The molecule has 0 aromatic heterocycles. The highest BCUT2D eigenvalue weighted by atomic mass is 16.5. The summed E-state index contributed by atoms with van der Waals surface area (Å²) in [6.07, 6.45) is 10.9. The Morgan fingerprint density at radius 2 is 1.65 bits per heavy atom. The second-order valence-electron chi connectivity index (χ2n) is 4.94. The van der Waals surface area contributed by atoms with Gasteiger partial charge in [0.25, 0.3) is 0 Å². The van der Waals surface area contributed by atoms with Gasteiger partial charge in [0.1, 0.15) is 0 Å². The Morgan fingerprint density at radius 1 is 0.941 bits per heavy atom. The molecule has 0 radical (unpaired) electrons. The fourth-order valence-electron chi connectivity index (χ4n) is 1.94. The lowest BCUT2D eigenvalue weighted by molar-refractivity contribution is 0.0562. The van der Waals surface area contributed by atoms with Crippen LogP contribution in [0.1, 0.15) is 72.1 Å². The minimum Gasteiger partial charge on any atom is -0.379 e. The maximum atomic E-state index is 5.80. The summed E-state index contributed by atoms with van der Waals surface area (Å²) in [4.78, 5) is 0. The molecule has 0 amide bonds. The first-order valence-corrected chi connectivity index (χ1v) is 7.63. The summed E-state index contributed by atoms with van der Waals surface area (Å²) < 4.78 is 5.80. The molecule has 104 valence electrons. The van der Waals surface area contributed by atoms with Crippen molar-refractivity contribution < 1.29 is 4.74 Å². The third-order valence-electron chi connectivity index (χ3n) is 3.11. The van der Waals surface area contributed by atoms with Gasteiger partial charge in [-0.25, -0.2) is 0 Å². The Hall–Kier alpha value is -0.0800. The summed E-state index contributed by atoms with van der Waals surface area (Å²) in [5.74, 6) is 0. The largest absolute Gasteiger partial charge is 0.379 e. The second-order valence-corrected chi connectivity index (χ2v) is 4.94. The molecule has 0 rings (SSSR count). The van der Waals surface area contributed by atoms with Gasteiger partial charge in [-0.05, 0) is 39.3 Å². The van der Waals surface area contributed by atoms with E-state index in [4.69, 9.17) is 4.74 Å². The zero-order chi connectivity index (χ0) is 12.8. The van der Waals surface area contributed by atoms with Gasteiger partial charge in [-0.3, -0.25) is 0 Å². The number of hydrogen-bond donors (Lipinski definition) is 1. The molecular weight excluding hydrogens is 210 g/mol. The first-order valence-electron chi connectivity index (χ1n) is 7.63. The maximum Gasteiger partial charge on any atom is 0.0547 e. The zero-order valence-electron chi connectivity index (χ0n) is 12.3. The Bertz CT molecular complexity index is 139. The first-order chi connectivity index (χ1) is 8.31.